The van der Waals surface area contributed by atoms with Gasteiger partial charge in [0.1, 0.15) is 11.3 Å². The predicted octanol–water partition coefficient (Wildman–Crippen LogP) is -0.572. The molecule has 10 heteroatoms. The maximum Gasteiger partial charge on any atom is 1.00 e. The van der Waals surface area contributed by atoms with Crippen LogP contribution in [0.2, 0.25) is 0 Å². The minimum Gasteiger partial charge on any atom is -0.872 e. The van der Waals surface area contributed by atoms with Gasteiger partial charge < -0.3 is 14.0 Å². The Morgan fingerprint density at radius 3 is 2.57 bits per heavy atom. The van der Waals surface area contributed by atoms with Gasteiger partial charge in [-0.25, -0.2) is 4.79 Å². The molecule has 0 aliphatic carbocycles. The fraction of sp³-hybridized carbons (Fsp3) is 0.444. The third kappa shape index (κ3) is 7.92. The van der Waals surface area contributed by atoms with Crippen LogP contribution in [0.3, 0.4) is 0 Å². The van der Waals surface area contributed by atoms with E-state index in [1.807, 2.05) is 0 Å². The zero-order chi connectivity index (χ0) is 20.0. The van der Waals surface area contributed by atoms with E-state index >= 15 is 0 Å². The van der Waals surface area contributed by atoms with E-state index in [1.54, 1.807) is 13.0 Å². The molecule has 1 heterocycles. The van der Waals surface area contributed by atoms with Crippen LogP contribution in [0.15, 0.2) is 18.2 Å². The minimum atomic E-state index is -4.94. The zero-order valence-electron chi connectivity index (χ0n) is 15.8. The van der Waals surface area contributed by atoms with Crippen molar-refractivity contribution in [3.63, 3.8) is 0 Å². The van der Waals surface area contributed by atoms with Gasteiger partial charge >= 0.3 is 45.9 Å². The summed E-state index contributed by atoms with van der Waals surface area (Å²) in [6.07, 6.45) is 5.62. The van der Waals surface area contributed by atoms with Crippen LogP contribution in [0.5, 0.6) is 11.5 Å². The van der Waals surface area contributed by atoms with Crippen LogP contribution in [-0.2, 0) is 19.9 Å². The molecule has 0 saturated heterocycles. The summed E-state index contributed by atoms with van der Waals surface area (Å²) in [4.78, 5) is 24.4. The second kappa shape index (κ2) is 11.0. The van der Waals surface area contributed by atoms with Gasteiger partial charge in [-0.15, -0.1) is 5.75 Å². The summed E-state index contributed by atoms with van der Waals surface area (Å²) in [6, 6.07) is 1.94. The summed E-state index contributed by atoms with van der Waals surface area (Å²) >= 11 is 0. The summed E-state index contributed by atoms with van der Waals surface area (Å²) in [5.74, 6) is -1.94. The first kappa shape index (κ1) is 24.6. The van der Waals surface area contributed by atoms with E-state index in [1.165, 1.54) is 6.08 Å². The quantitative estimate of drug-likeness (QED) is 0.382. The molecule has 1 aromatic rings. The fourth-order valence-corrected chi connectivity index (χ4v) is 3.14. The molecule has 0 bridgehead atoms. The van der Waals surface area contributed by atoms with Gasteiger partial charge in [-0.05, 0) is 44.2 Å². The van der Waals surface area contributed by atoms with Crippen LogP contribution in [0.1, 0.15) is 61.4 Å². The molecule has 0 aromatic heterocycles. The number of carbonyl (C=O) groups excluding carboxylic acids is 2. The first-order chi connectivity index (χ1) is 12.7. The SMILES string of the molecule is C[C@H]1CCCC(=O)CCC/C=C/c2cc([O-])cc(OS(=O)(=O)O)c2C(=O)O1.[Na+]. The van der Waals surface area contributed by atoms with Crippen LogP contribution in [0, 0.1) is 0 Å². The summed E-state index contributed by atoms with van der Waals surface area (Å²) in [7, 11) is -4.94. The Hall–Kier alpha value is -1.39. The Bertz CT molecular complexity index is 847. The van der Waals surface area contributed by atoms with Crippen molar-refractivity contribution in [3.8, 4) is 11.5 Å². The van der Waals surface area contributed by atoms with Crippen molar-refractivity contribution in [3.05, 3.63) is 29.3 Å². The molecular weight excluding hydrogens is 399 g/mol. The van der Waals surface area contributed by atoms with Gasteiger partial charge in [-0.2, -0.15) is 8.42 Å². The van der Waals surface area contributed by atoms with Gasteiger partial charge in [0.2, 0.25) is 0 Å². The number of allylic oxidation sites excluding steroid dienone is 1. The fourth-order valence-electron chi connectivity index (χ4n) is 2.78. The number of ketones is 1. The summed E-state index contributed by atoms with van der Waals surface area (Å²) < 4.78 is 40.9. The molecule has 1 aliphatic heterocycles. The van der Waals surface area contributed by atoms with E-state index in [9.17, 15) is 23.1 Å². The molecule has 0 saturated carbocycles. The van der Waals surface area contributed by atoms with Gasteiger partial charge in [0.25, 0.3) is 0 Å². The Kier molecular flexibility index (Phi) is 9.65. The molecule has 0 radical (unpaired) electrons. The van der Waals surface area contributed by atoms with E-state index in [-0.39, 0.29) is 46.5 Å². The molecule has 148 valence electrons. The van der Waals surface area contributed by atoms with Crippen LogP contribution >= 0.6 is 0 Å². The summed E-state index contributed by atoms with van der Waals surface area (Å²) in [5.41, 5.74) is -0.148. The molecular formula is C18H21NaO8S. The average molecular weight is 420 g/mol. The number of ether oxygens (including phenoxy) is 1. The van der Waals surface area contributed by atoms with Gasteiger partial charge in [-0.3, -0.25) is 9.35 Å². The minimum absolute atomic E-state index is 0. The van der Waals surface area contributed by atoms with Crippen molar-refractivity contribution in [2.24, 2.45) is 0 Å². The number of fused-ring (bicyclic) bond motifs is 1. The number of esters is 1. The van der Waals surface area contributed by atoms with E-state index in [2.05, 4.69) is 4.18 Å². The summed E-state index contributed by atoms with van der Waals surface area (Å²) in [5, 5.41) is 11.9. The van der Waals surface area contributed by atoms with Crippen molar-refractivity contribution < 1.29 is 66.1 Å². The molecule has 1 atom stereocenters. The molecule has 1 N–H and O–H groups in total. The van der Waals surface area contributed by atoms with E-state index in [0.717, 1.165) is 12.1 Å². The van der Waals surface area contributed by atoms with E-state index in [0.29, 0.717) is 38.5 Å². The van der Waals surface area contributed by atoms with Crippen molar-refractivity contribution in [1.82, 2.24) is 0 Å². The number of benzene rings is 1. The van der Waals surface area contributed by atoms with Crippen LogP contribution < -0.4 is 38.8 Å². The molecule has 0 unspecified atom stereocenters. The van der Waals surface area contributed by atoms with Crippen molar-refractivity contribution in [2.75, 3.05) is 0 Å². The van der Waals surface area contributed by atoms with Crippen molar-refractivity contribution in [1.29, 1.82) is 0 Å². The molecule has 0 fully saturated rings. The predicted molar refractivity (Wildman–Crippen MR) is 94.7 cm³/mol. The zero-order valence-corrected chi connectivity index (χ0v) is 18.7. The first-order valence-corrected chi connectivity index (χ1v) is 9.93. The van der Waals surface area contributed by atoms with Crippen LogP contribution in [0.4, 0.5) is 0 Å². The summed E-state index contributed by atoms with van der Waals surface area (Å²) in [6.45, 7) is 1.65. The first-order valence-electron chi connectivity index (χ1n) is 8.57. The van der Waals surface area contributed by atoms with Crippen molar-refractivity contribution in [2.45, 2.75) is 51.6 Å². The van der Waals surface area contributed by atoms with Gasteiger partial charge in [0, 0.05) is 12.8 Å². The number of hydrogen-bond donors (Lipinski definition) is 1. The van der Waals surface area contributed by atoms with E-state index < -0.39 is 34.0 Å². The number of carbonyl (C=O) groups is 2. The van der Waals surface area contributed by atoms with E-state index in [4.69, 9.17) is 9.29 Å². The number of rotatable bonds is 2. The molecule has 2 rings (SSSR count). The third-order valence-corrected chi connectivity index (χ3v) is 4.39. The Labute approximate surface area is 186 Å². The molecule has 0 spiro atoms. The largest absolute Gasteiger partial charge is 1.00 e. The normalized spacial score (nSPS) is 20.1. The second-order valence-corrected chi connectivity index (χ2v) is 7.36. The van der Waals surface area contributed by atoms with Crippen LogP contribution in [-0.4, -0.2) is 30.8 Å². The standard InChI is InChI=1S/C18H22O8S.Na/c1-12-6-5-9-14(19)8-4-2-3-7-13-10-15(20)11-16(26-27(22,23)24)17(13)18(21)25-12;/h3,7,10-12,20H,2,4-6,8-9H2,1H3,(H,22,23,24);/q;+1/p-1/b7-3+;/t12-;/m0./s1. The van der Waals surface area contributed by atoms with Gasteiger partial charge in [-0.1, -0.05) is 18.2 Å². The molecule has 28 heavy (non-hydrogen) atoms. The maximum absolute atomic E-state index is 12.6. The number of hydrogen-bond acceptors (Lipinski definition) is 7. The molecule has 1 aliphatic rings. The number of cyclic esters (lactones) is 1. The molecule has 1 aromatic carbocycles. The molecule has 8 nitrogen and oxygen atoms in total. The van der Waals surface area contributed by atoms with Gasteiger partial charge in [0.05, 0.1) is 6.10 Å². The van der Waals surface area contributed by atoms with Gasteiger partial charge in [0.15, 0.2) is 5.75 Å². The van der Waals surface area contributed by atoms with Crippen molar-refractivity contribution >= 4 is 28.2 Å². The topological polar surface area (TPSA) is 130 Å². The Balaban J connectivity index is 0.00000392. The monoisotopic (exact) mass is 420 g/mol. The Morgan fingerprint density at radius 1 is 1.21 bits per heavy atom. The smallest absolute Gasteiger partial charge is 0.872 e. The second-order valence-electron chi connectivity index (χ2n) is 6.34. The van der Waals surface area contributed by atoms with Crippen LogP contribution in [0.25, 0.3) is 6.08 Å². The maximum atomic E-state index is 12.6. The third-order valence-electron chi connectivity index (χ3n) is 4.00. The average Bonchev–Trinajstić information content (AvgIpc) is 2.51. The number of Topliss-reactive ketones (excluding diaryl/α,β-unsaturated/α-hetero) is 1. The molecule has 0 amide bonds. The Morgan fingerprint density at radius 2 is 1.89 bits per heavy atom.